The number of anilines is 2. The molecule has 1 saturated heterocycles. The van der Waals surface area contributed by atoms with Crippen LogP contribution in [0.2, 0.25) is 5.02 Å². The summed E-state index contributed by atoms with van der Waals surface area (Å²) in [5.74, 6) is 0.821. The molecule has 2 aliphatic heterocycles. The van der Waals surface area contributed by atoms with Crippen molar-refractivity contribution in [2.45, 2.75) is 25.8 Å². The van der Waals surface area contributed by atoms with Crippen LogP contribution >= 0.6 is 11.6 Å². The number of rotatable bonds is 5. The first-order valence-corrected chi connectivity index (χ1v) is 12.3. The molecule has 1 fully saturated rings. The van der Waals surface area contributed by atoms with Gasteiger partial charge in [0.2, 0.25) is 5.96 Å². The number of carbonyl (C=O) groups is 1. The number of aryl methyl sites for hydroxylation is 1. The van der Waals surface area contributed by atoms with Gasteiger partial charge in [-0.15, -0.1) is 0 Å². The van der Waals surface area contributed by atoms with E-state index in [0.717, 1.165) is 54.8 Å². The number of halogens is 1. The monoisotopic (exact) mass is 472 g/mol. The van der Waals surface area contributed by atoms with Crippen LogP contribution in [0.15, 0.2) is 83.9 Å². The topological polar surface area (TPSA) is 39.2 Å². The molecule has 1 amide bonds. The SMILES string of the molecule is CCc1cccc(N2C(=O)C(Cc3ccccc3)N=C2N2CCN(c3ccc(Cl)cc3)CC2)c1. The lowest BCUT2D eigenvalue weighted by atomic mass is 10.1. The summed E-state index contributed by atoms with van der Waals surface area (Å²) in [5, 5.41) is 0.746. The summed E-state index contributed by atoms with van der Waals surface area (Å²) in [6.07, 6.45) is 1.54. The van der Waals surface area contributed by atoms with Gasteiger partial charge in [0.15, 0.2) is 0 Å². The standard InChI is InChI=1S/C28H29ClN4O/c1-2-21-9-6-10-25(19-21)33-27(34)26(20-22-7-4-3-5-8-22)30-28(33)32-17-15-31(16-18-32)24-13-11-23(29)12-14-24/h3-14,19,26H,2,15-18,20H2,1H3. The molecule has 3 aromatic rings. The minimum Gasteiger partial charge on any atom is -0.368 e. The fourth-order valence-corrected chi connectivity index (χ4v) is 4.79. The number of nitrogens with zero attached hydrogens (tertiary/aromatic N) is 4. The molecule has 0 spiro atoms. The third-order valence-electron chi connectivity index (χ3n) is 6.58. The van der Waals surface area contributed by atoms with Crippen LogP contribution in [0.1, 0.15) is 18.1 Å². The maximum Gasteiger partial charge on any atom is 0.259 e. The largest absolute Gasteiger partial charge is 0.368 e. The van der Waals surface area contributed by atoms with Crippen molar-refractivity contribution in [3.63, 3.8) is 0 Å². The predicted molar refractivity (Wildman–Crippen MR) is 140 cm³/mol. The molecule has 6 heteroatoms. The molecule has 2 aliphatic rings. The number of guanidine groups is 1. The first kappa shape index (κ1) is 22.5. The molecule has 5 rings (SSSR count). The first-order valence-electron chi connectivity index (χ1n) is 11.9. The fourth-order valence-electron chi connectivity index (χ4n) is 4.67. The van der Waals surface area contributed by atoms with Crippen LogP contribution in [0.5, 0.6) is 0 Å². The molecular formula is C28H29ClN4O. The van der Waals surface area contributed by atoms with Gasteiger partial charge in [-0.25, -0.2) is 9.89 Å². The van der Waals surface area contributed by atoms with E-state index in [0.29, 0.717) is 6.42 Å². The fraction of sp³-hybridized carbons (Fsp3) is 0.286. The smallest absolute Gasteiger partial charge is 0.259 e. The van der Waals surface area contributed by atoms with Crippen LogP contribution in [0.25, 0.3) is 0 Å². The van der Waals surface area contributed by atoms with Crippen molar-refractivity contribution in [1.82, 2.24) is 4.90 Å². The highest BCUT2D eigenvalue weighted by molar-refractivity contribution is 6.30. The molecule has 0 N–H and O–H groups in total. The van der Waals surface area contributed by atoms with Crippen LogP contribution in [-0.4, -0.2) is 49.0 Å². The van der Waals surface area contributed by atoms with E-state index in [2.05, 4.69) is 53.1 Å². The van der Waals surface area contributed by atoms with Crippen molar-refractivity contribution in [3.05, 3.63) is 95.0 Å². The van der Waals surface area contributed by atoms with Gasteiger partial charge in [-0.05, 0) is 53.9 Å². The Labute approximate surface area is 206 Å². The van der Waals surface area contributed by atoms with Crippen LogP contribution in [-0.2, 0) is 17.6 Å². The summed E-state index contributed by atoms with van der Waals surface area (Å²) in [5.41, 5.74) is 4.41. The first-order chi connectivity index (χ1) is 16.6. The van der Waals surface area contributed by atoms with Gasteiger partial charge in [-0.2, -0.15) is 0 Å². The summed E-state index contributed by atoms with van der Waals surface area (Å²) in [6, 6.07) is 26.0. The molecule has 0 aliphatic carbocycles. The van der Waals surface area contributed by atoms with Crippen LogP contribution < -0.4 is 9.80 Å². The lowest BCUT2D eigenvalue weighted by Crippen LogP contribution is -2.53. The average molecular weight is 473 g/mol. The molecule has 3 aromatic carbocycles. The zero-order valence-corrected chi connectivity index (χ0v) is 20.2. The van der Waals surface area contributed by atoms with Crippen molar-refractivity contribution in [1.29, 1.82) is 0 Å². The Morgan fingerprint density at radius 1 is 0.824 bits per heavy atom. The minimum atomic E-state index is -0.406. The van der Waals surface area contributed by atoms with Crippen LogP contribution in [0.4, 0.5) is 11.4 Å². The molecule has 5 nitrogen and oxygen atoms in total. The highest BCUT2D eigenvalue weighted by Crippen LogP contribution is 2.27. The third kappa shape index (κ3) is 4.66. The van der Waals surface area contributed by atoms with E-state index >= 15 is 0 Å². The Kier molecular flexibility index (Phi) is 6.54. The number of amides is 1. The number of piperazine rings is 1. The maximum absolute atomic E-state index is 13.6. The predicted octanol–water partition coefficient (Wildman–Crippen LogP) is 5.04. The van der Waals surface area contributed by atoms with Crippen LogP contribution in [0, 0.1) is 0 Å². The van der Waals surface area contributed by atoms with E-state index in [1.165, 1.54) is 11.3 Å². The summed E-state index contributed by atoms with van der Waals surface area (Å²) in [7, 11) is 0. The van der Waals surface area contributed by atoms with Gasteiger partial charge in [0.1, 0.15) is 6.04 Å². The summed E-state index contributed by atoms with van der Waals surface area (Å²) in [4.78, 5) is 25.1. The van der Waals surface area contributed by atoms with Crippen molar-refractivity contribution in [2.24, 2.45) is 4.99 Å². The minimum absolute atomic E-state index is 0.0484. The highest BCUT2D eigenvalue weighted by atomic mass is 35.5. The summed E-state index contributed by atoms with van der Waals surface area (Å²) in [6.45, 7) is 5.46. The third-order valence-corrected chi connectivity index (χ3v) is 6.83. The van der Waals surface area contributed by atoms with E-state index in [1.807, 2.05) is 47.4 Å². The van der Waals surface area contributed by atoms with E-state index in [1.54, 1.807) is 0 Å². The average Bonchev–Trinajstić information content (AvgIpc) is 3.21. The second kappa shape index (κ2) is 9.90. The van der Waals surface area contributed by atoms with Crippen molar-refractivity contribution < 1.29 is 4.79 Å². The van der Waals surface area contributed by atoms with Gasteiger partial charge in [0, 0.05) is 43.3 Å². The van der Waals surface area contributed by atoms with Gasteiger partial charge in [0.25, 0.3) is 5.91 Å². The molecule has 1 unspecified atom stereocenters. The van der Waals surface area contributed by atoms with E-state index in [-0.39, 0.29) is 5.91 Å². The number of hydrogen-bond acceptors (Lipinski definition) is 4. The second-order valence-electron chi connectivity index (χ2n) is 8.78. The summed E-state index contributed by atoms with van der Waals surface area (Å²) < 4.78 is 0. The number of hydrogen-bond donors (Lipinski definition) is 0. The Balaban J connectivity index is 1.40. The number of carbonyl (C=O) groups excluding carboxylic acids is 1. The van der Waals surface area contributed by atoms with Gasteiger partial charge < -0.3 is 9.80 Å². The molecule has 0 aromatic heterocycles. The lowest BCUT2D eigenvalue weighted by Gasteiger charge is -2.38. The normalized spacial score (nSPS) is 18.4. The number of aliphatic imine (C=N–C) groups is 1. The van der Waals surface area contributed by atoms with Gasteiger partial charge in [-0.3, -0.25) is 4.79 Å². The van der Waals surface area contributed by atoms with Gasteiger partial charge >= 0.3 is 0 Å². The molecular weight excluding hydrogens is 444 g/mol. The zero-order chi connectivity index (χ0) is 23.5. The molecule has 2 heterocycles. The molecule has 0 saturated carbocycles. The van der Waals surface area contributed by atoms with Crippen molar-refractivity contribution in [3.8, 4) is 0 Å². The van der Waals surface area contributed by atoms with Crippen molar-refractivity contribution in [2.75, 3.05) is 36.0 Å². The lowest BCUT2D eigenvalue weighted by molar-refractivity contribution is -0.118. The van der Waals surface area contributed by atoms with Crippen molar-refractivity contribution >= 4 is 34.8 Å². The van der Waals surface area contributed by atoms with Crippen LogP contribution in [0.3, 0.4) is 0 Å². The highest BCUT2D eigenvalue weighted by Gasteiger charge is 2.39. The molecule has 0 bridgehead atoms. The Morgan fingerprint density at radius 3 is 2.21 bits per heavy atom. The number of benzene rings is 3. The molecule has 174 valence electrons. The maximum atomic E-state index is 13.6. The molecule has 34 heavy (non-hydrogen) atoms. The summed E-state index contributed by atoms with van der Waals surface area (Å²) >= 11 is 6.06. The molecule has 0 radical (unpaired) electrons. The quantitative estimate of drug-likeness (QED) is 0.522. The van der Waals surface area contributed by atoms with Gasteiger partial charge in [0.05, 0.1) is 5.69 Å². The second-order valence-corrected chi connectivity index (χ2v) is 9.22. The molecule has 1 atom stereocenters. The van der Waals surface area contributed by atoms with E-state index in [9.17, 15) is 4.79 Å². The zero-order valence-electron chi connectivity index (χ0n) is 19.4. The van der Waals surface area contributed by atoms with Gasteiger partial charge in [-0.1, -0.05) is 61.0 Å². The Hall–Kier alpha value is -3.31. The Bertz CT molecular complexity index is 1170. The Morgan fingerprint density at radius 2 is 1.50 bits per heavy atom. The van der Waals surface area contributed by atoms with E-state index in [4.69, 9.17) is 16.6 Å². The van der Waals surface area contributed by atoms with E-state index < -0.39 is 6.04 Å².